The number of H-pyrrole nitrogens is 1. The second-order valence-electron chi connectivity index (χ2n) is 8.12. The minimum Gasteiger partial charge on any atom is -0.491 e. The van der Waals surface area contributed by atoms with E-state index in [0.717, 1.165) is 31.5 Å². The Morgan fingerprint density at radius 2 is 1.76 bits per heavy atom. The van der Waals surface area contributed by atoms with Crippen molar-refractivity contribution >= 4 is 17.0 Å². The second-order valence-corrected chi connectivity index (χ2v) is 8.12. The average molecular weight is 458 g/mol. The summed E-state index contributed by atoms with van der Waals surface area (Å²) < 4.78 is 27.1. The number of nitrogens with zero attached hydrogens (tertiary/aromatic N) is 2. The highest BCUT2D eigenvalue weighted by molar-refractivity contribution is 5.92. The van der Waals surface area contributed by atoms with Gasteiger partial charge in [0.15, 0.2) is 11.5 Å². The maximum absolute atomic E-state index is 14.5. The van der Waals surface area contributed by atoms with Gasteiger partial charge in [-0.05, 0) is 62.6 Å². The minimum atomic E-state index is -1.03. The summed E-state index contributed by atoms with van der Waals surface area (Å²) in [5, 5.41) is 9.19. The van der Waals surface area contributed by atoms with E-state index in [0.29, 0.717) is 30.8 Å². The van der Waals surface area contributed by atoms with Crippen LogP contribution in [0.5, 0.6) is 11.5 Å². The number of carbonyl (C=O) groups is 1. The monoisotopic (exact) mass is 457 g/mol. The molecule has 0 unspecified atom stereocenters. The van der Waals surface area contributed by atoms with E-state index in [-0.39, 0.29) is 28.8 Å². The summed E-state index contributed by atoms with van der Waals surface area (Å²) in [6.07, 6.45) is 1.54. The predicted molar refractivity (Wildman–Crippen MR) is 122 cm³/mol. The maximum Gasteiger partial charge on any atom is 0.335 e. The van der Waals surface area contributed by atoms with Crippen LogP contribution in [-0.2, 0) is 6.54 Å². The molecule has 0 radical (unpaired) electrons. The highest BCUT2D eigenvalue weighted by atomic mass is 19.1. The number of halogens is 1. The fraction of sp³-hybridized carbons (Fsp3) is 0.417. The number of benzene rings is 2. The zero-order valence-electron chi connectivity index (χ0n) is 18.8. The Bertz CT molecular complexity index is 1180. The predicted octanol–water partition coefficient (Wildman–Crippen LogP) is 3.80. The number of piperidine rings is 1. The van der Waals surface area contributed by atoms with Crippen LogP contribution in [0.25, 0.3) is 11.0 Å². The first kappa shape index (κ1) is 22.8. The van der Waals surface area contributed by atoms with Crippen LogP contribution in [-0.4, -0.2) is 51.8 Å². The highest BCUT2D eigenvalue weighted by Crippen LogP contribution is 2.31. The Labute approximate surface area is 190 Å². The Kier molecular flexibility index (Phi) is 6.69. The molecule has 1 aromatic heterocycles. The molecule has 1 aliphatic heterocycles. The molecule has 0 saturated carbocycles. The summed E-state index contributed by atoms with van der Waals surface area (Å²) in [4.78, 5) is 28.9. The zero-order valence-corrected chi connectivity index (χ0v) is 18.8. The molecule has 33 heavy (non-hydrogen) atoms. The number of carboxylic acids is 1. The number of aromatic nitrogens is 2. The average Bonchev–Trinajstić information content (AvgIpc) is 3.12. The van der Waals surface area contributed by atoms with Gasteiger partial charge in [0.25, 0.3) is 0 Å². The molecule has 3 aromatic rings. The van der Waals surface area contributed by atoms with Crippen molar-refractivity contribution in [3.05, 3.63) is 57.8 Å². The zero-order chi connectivity index (χ0) is 23.5. The van der Waals surface area contributed by atoms with Crippen molar-refractivity contribution in [1.82, 2.24) is 14.5 Å². The number of ether oxygens (including phenoxy) is 2. The van der Waals surface area contributed by atoms with Crippen molar-refractivity contribution in [3.63, 3.8) is 0 Å². The van der Waals surface area contributed by atoms with E-state index in [9.17, 15) is 19.1 Å². The van der Waals surface area contributed by atoms with Crippen LogP contribution in [0.3, 0.4) is 0 Å². The lowest BCUT2D eigenvalue weighted by Gasteiger charge is -2.32. The minimum absolute atomic E-state index is 0.0179. The SMILES string of the molecule is CCOc1cc(CN2CCC(n3c(=O)[nH]c4cc(C(=O)O)ccc43)CC2)cc(OCC)c1F. The number of carboxylic acid groups (broad SMARTS) is 1. The maximum atomic E-state index is 14.5. The summed E-state index contributed by atoms with van der Waals surface area (Å²) in [5.74, 6) is -1.12. The number of fused-ring (bicyclic) bond motifs is 1. The van der Waals surface area contributed by atoms with Gasteiger partial charge in [-0.2, -0.15) is 4.39 Å². The third kappa shape index (κ3) is 4.73. The van der Waals surface area contributed by atoms with Crippen LogP contribution in [0.4, 0.5) is 4.39 Å². The molecule has 2 heterocycles. The Morgan fingerprint density at radius 1 is 1.12 bits per heavy atom. The van der Waals surface area contributed by atoms with Gasteiger partial charge in [-0.25, -0.2) is 9.59 Å². The largest absolute Gasteiger partial charge is 0.491 e. The van der Waals surface area contributed by atoms with Crippen LogP contribution >= 0.6 is 0 Å². The van der Waals surface area contributed by atoms with E-state index in [1.165, 1.54) is 12.1 Å². The van der Waals surface area contributed by atoms with Gasteiger partial charge in [-0.3, -0.25) is 9.47 Å². The first-order chi connectivity index (χ1) is 15.9. The first-order valence-corrected chi connectivity index (χ1v) is 11.2. The van der Waals surface area contributed by atoms with E-state index in [2.05, 4.69) is 9.88 Å². The molecule has 4 rings (SSSR count). The molecule has 1 saturated heterocycles. The van der Waals surface area contributed by atoms with Crippen molar-refractivity contribution in [2.24, 2.45) is 0 Å². The number of aromatic carboxylic acids is 1. The van der Waals surface area contributed by atoms with Crippen LogP contribution in [0, 0.1) is 5.82 Å². The number of aromatic amines is 1. The number of likely N-dealkylation sites (tertiary alicyclic amines) is 1. The van der Waals surface area contributed by atoms with Gasteiger partial charge in [-0.1, -0.05) is 0 Å². The molecular formula is C24H28FN3O5. The number of nitrogens with one attached hydrogen (secondary N) is 1. The quantitative estimate of drug-likeness (QED) is 0.534. The van der Waals surface area contributed by atoms with Gasteiger partial charge in [0.2, 0.25) is 5.82 Å². The third-order valence-corrected chi connectivity index (χ3v) is 5.96. The van der Waals surface area contributed by atoms with Gasteiger partial charge in [0, 0.05) is 25.7 Å². The molecule has 0 spiro atoms. The van der Waals surface area contributed by atoms with E-state index < -0.39 is 11.8 Å². The summed E-state index contributed by atoms with van der Waals surface area (Å²) in [6, 6.07) is 8.15. The fourth-order valence-electron chi connectivity index (χ4n) is 4.46. The van der Waals surface area contributed by atoms with E-state index in [1.807, 2.05) is 13.8 Å². The topological polar surface area (TPSA) is 96.8 Å². The van der Waals surface area contributed by atoms with Crippen LogP contribution < -0.4 is 15.2 Å². The smallest absolute Gasteiger partial charge is 0.335 e. The molecule has 0 atom stereocenters. The van der Waals surface area contributed by atoms with Gasteiger partial charge < -0.3 is 19.6 Å². The number of hydrogen-bond donors (Lipinski definition) is 2. The van der Waals surface area contributed by atoms with Gasteiger partial charge in [-0.15, -0.1) is 0 Å². The standard InChI is InChI=1S/C24H28FN3O5/c1-3-32-20-11-15(12-21(22(20)25)33-4-2)14-27-9-7-17(8-10-27)28-19-6-5-16(23(29)30)13-18(19)26-24(28)31/h5-6,11-13,17H,3-4,7-10,14H2,1-2H3,(H,26,31)(H,29,30). The summed E-state index contributed by atoms with van der Waals surface area (Å²) in [5.41, 5.74) is 2.06. The molecule has 9 heteroatoms. The van der Waals surface area contributed by atoms with E-state index in [4.69, 9.17) is 9.47 Å². The summed E-state index contributed by atoms with van der Waals surface area (Å²) >= 11 is 0. The van der Waals surface area contributed by atoms with Gasteiger partial charge in [0.1, 0.15) is 0 Å². The lowest BCUT2D eigenvalue weighted by atomic mass is 10.0. The second kappa shape index (κ2) is 9.66. The molecule has 8 nitrogen and oxygen atoms in total. The van der Waals surface area contributed by atoms with Crippen LogP contribution in [0.2, 0.25) is 0 Å². The van der Waals surface area contributed by atoms with Crippen molar-refractivity contribution < 1.29 is 23.8 Å². The molecule has 1 aliphatic rings. The number of imidazole rings is 1. The highest BCUT2D eigenvalue weighted by Gasteiger charge is 2.25. The molecule has 2 aromatic carbocycles. The van der Waals surface area contributed by atoms with E-state index >= 15 is 0 Å². The van der Waals surface area contributed by atoms with E-state index in [1.54, 1.807) is 22.8 Å². The molecule has 2 N–H and O–H groups in total. The summed E-state index contributed by atoms with van der Waals surface area (Å²) in [7, 11) is 0. The van der Waals surface area contributed by atoms with Crippen molar-refractivity contribution in [2.45, 2.75) is 39.3 Å². The fourth-order valence-corrected chi connectivity index (χ4v) is 4.46. The molecule has 0 aliphatic carbocycles. The Morgan fingerprint density at radius 3 is 2.33 bits per heavy atom. The molecule has 176 valence electrons. The number of rotatable bonds is 8. The van der Waals surface area contributed by atoms with Crippen LogP contribution in [0.15, 0.2) is 35.1 Å². The van der Waals surface area contributed by atoms with Crippen molar-refractivity contribution in [2.75, 3.05) is 26.3 Å². The molecule has 1 fully saturated rings. The van der Waals surface area contributed by atoms with Gasteiger partial charge >= 0.3 is 11.7 Å². The Hall–Kier alpha value is -3.33. The lowest BCUT2D eigenvalue weighted by molar-refractivity contribution is 0.0697. The first-order valence-electron chi connectivity index (χ1n) is 11.2. The Balaban J connectivity index is 1.48. The summed E-state index contributed by atoms with van der Waals surface area (Å²) in [6.45, 7) is 6.51. The molecule has 0 amide bonds. The van der Waals surface area contributed by atoms with Crippen LogP contribution in [0.1, 0.15) is 48.7 Å². The lowest BCUT2D eigenvalue weighted by Crippen LogP contribution is -2.36. The van der Waals surface area contributed by atoms with Gasteiger partial charge in [0.05, 0.1) is 29.8 Å². The van der Waals surface area contributed by atoms with Crippen molar-refractivity contribution in [3.8, 4) is 11.5 Å². The molecular weight excluding hydrogens is 429 g/mol. The molecule has 0 bridgehead atoms. The third-order valence-electron chi connectivity index (χ3n) is 5.96. The normalized spacial score (nSPS) is 15.1. The number of hydrogen-bond acceptors (Lipinski definition) is 5. The van der Waals surface area contributed by atoms with Crippen molar-refractivity contribution in [1.29, 1.82) is 0 Å².